The molecule has 0 unspecified atom stereocenters. The predicted molar refractivity (Wildman–Crippen MR) is 93.1 cm³/mol. The molecule has 1 heterocycles. The van der Waals surface area contributed by atoms with Crippen LogP contribution < -0.4 is 10.1 Å². The van der Waals surface area contributed by atoms with Gasteiger partial charge >= 0.3 is 0 Å². The Morgan fingerprint density at radius 2 is 1.83 bits per heavy atom. The fourth-order valence-corrected chi connectivity index (χ4v) is 2.25. The van der Waals surface area contributed by atoms with Crippen molar-refractivity contribution in [2.75, 3.05) is 0 Å². The fourth-order valence-electron chi connectivity index (χ4n) is 2.25. The first-order valence-electron chi connectivity index (χ1n) is 7.73. The van der Waals surface area contributed by atoms with E-state index in [1.807, 2.05) is 55.5 Å². The molecule has 1 N–H and O–H groups in total. The molecule has 0 spiro atoms. The first-order valence-corrected chi connectivity index (χ1v) is 7.73. The van der Waals surface area contributed by atoms with E-state index in [1.54, 1.807) is 24.5 Å². The molecule has 0 aliphatic heterocycles. The number of para-hydroxylation sites is 1. The number of amides is 1. The van der Waals surface area contributed by atoms with Gasteiger partial charge in [-0.15, -0.1) is 0 Å². The molecule has 0 atom stereocenters. The minimum absolute atomic E-state index is 0.136. The average Bonchev–Trinajstić information content (AvgIpc) is 2.63. The van der Waals surface area contributed by atoms with Crippen molar-refractivity contribution in [3.05, 3.63) is 89.7 Å². The van der Waals surface area contributed by atoms with E-state index in [1.165, 1.54) is 0 Å². The highest BCUT2D eigenvalue weighted by molar-refractivity contribution is 5.93. The van der Waals surface area contributed by atoms with Crippen LogP contribution in [0.4, 0.5) is 0 Å². The average molecular weight is 318 g/mol. The minimum Gasteiger partial charge on any atom is -0.457 e. The second kappa shape index (κ2) is 7.42. The van der Waals surface area contributed by atoms with Gasteiger partial charge in [-0.1, -0.05) is 30.3 Å². The molecule has 0 bridgehead atoms. The zero-order chi connectivity index (χ0) is 16.8. The summed E-state index contributed by atoms with van der Waals surface area (Å²) in [5.41, 5.74) is 2.65. The third-order valence-electron chi connectivity index (χ3n) is 3.62. The van der Waals surface area contributed by atoms with Gasteiger partial charge < -0.3 is 10.1 Å². The van der Waals surface area contributed by atoms with Crippen molar-refractivity contribution in [2.45, 2.75) is 13.5 Å². The number of benzene rings is 2. The van der Waals surface area contributed by atoms with Crippen molar-refractivity contribution in [1.82, 2.24) is 10.3 Å². The molecule has 2 aromatic carbocycles. The van der Waals surface area contributed by atoms with Gasteiger partial charge in [-0.2, -0.15) is 0 Å². The molecule has 3 rings (SSSR count). The van der Waals surface area contributed by atoms with E-state index >= 15 is 0 Å². The molecule has 4 heteroatoms. The second-order valence-corrected chi connectivity index (χ2v) is 5.44. The standard InChI is InChI=1S/C20H18N2O2/c1-15-5-2-3-7-19(15)24-18-10-8-16(9-11-18)13-22-20(23)17-6-4-12-21-14-17/h2-12,14H,13H2,1H3,(H,22,23). The zero-order valence-electron chi connectivity index (χ0n) is 13.4. The fraction of sp³-hybridized carbons (Fsp3) is 0.100. The highest BCUT2D eigenvalue weighted by Crippen LogP contribution is 2.24. The van der Waals surface area contributed by atoms with Crippen LogP contribution in [0.15, 0.2) is 73.1 Å². The van der Waals surface area contributed by atoms with E-state index in [0.717, 1.165) is 22.6 Å². The van der Waals surface area contributed by atoms with Gasteiger partial charge in [0.05, 0.1) is 5.56 Å². The maximum atomic E-state index is 12.0. The van der Waals surface area contributed by atoms with Crippen molar-refractivity contribution in [3.8, 4) is 11.5 Å². The van der Waals surface area contributed by atoms with Crippen LogP contribution in [0.25, 0.3) is 0 Å². The monoisotopic (exact) mass is 318 g/mol. The van der Waals surface area contributed by atoms with Crippen LogP contribution in [0.1, 0.15) is 21.5 Å². The number of hydrogen-bond donors (Lipinski definition) is 1. The molecule has 1 amide bonds. The molecular weight excluding hydrogens is 300 g/mol. The topological polar surface area (TPSA) is 51.2 Å². The van der Waals surface area contributed by atoms with Gasteiger partial charge in [0.15, 0.2) is 0 Å². The number of nitrogens with one attached hydrogen (secondary N) is 1. The maximum Gasteiger partial charge on any atom is 0.253 e. The van der Waals surface area contributed by atoms with Gasteiger partial charge in [-0.3, -0.25) is 9.78 Å². The molecular formula is C20H18N2O2. The van der Waals surface area contributed by atoms with Gasteiger partial charge in [0.25, 0.3) is 5.91 Å². The quantitative estimate of drug-likeness (QED) is 0.770. The Hall–Kier alpha value is -3.14. The lowest BCUT2D eigenvalue weighted by molar-refractivity contribution is 0.0950. The molecule has 0 radical (unpaired) electrons. The van der Waals surface area contributed by atoms with E-state index in [-0.39, 0.29) is 5.91 Å². The highest BCUT2D eigenvalue weighted by Gasteiger charge is 2.05. The number of pyridine rings is 1. The van der Waals surface area contributed by atoms with Crippen molar-refractivity contribution in [1.29, 1.82) is 0 Å². The predicted octanol–water partition coefficient (Wildman–Crippen LogP) is 4.11. The first kappa shape index (κ1) is 15.7. The normalized spacial score (nSPS) is 10.2. The number of nitrogens with zero attached hydrogens (tertiary/aromatic N) is 1. The lowest BCUT2D eigenvalue weighted by Crippen LogP contribution is -2.22. The van der Waals surface area contributed by atoms with Crippen molar-refractivity contribution in [2.24, 2.45) is 0 Å². The second-order valence-electron chi connectivity index (χ2n) is 5.44. The molecule has 0 saturated carbocycles. The van der Waals surface area contributed by atoms with Crippen molar-refractivity contribution >= 4 is 5.91 Å². The van der Waals surface area contributed by atoms with E-state index in [0.29, 0.717) is 12.1 Å². The molecule has 0 fully saturated rings. The van der Waals surface area contributed by atoms with Crippen LogP contribution in [0.2, 0.25) is 0 Å². The third-order valence-corrected chi connectivity index (χ3v) is 3.62. The van der Waals surface area contributed by atoms with Crippen molar-refractivity contribution in [3.63, 3.8) is 0 Å². The SMILES string of the molecule is Cc1ccccc1Oc1ccc(CNC(=O)c2cccnc2)cc1. The van der Waals surface area contributed by atoms with Gasteiger partial charge in [-0.05, 0) is 48.4 Å². The molecule has 0 aliphatic rings. The van der Waals surface area contributed by atoms with Gasteiger partial charge in [0, 0.05) is 18.9 Å². The van der Waals surface area contributed by atoms with E-state index in [2.05, 4.69) is 10.3 Å². The van der Waals surface area contributed by atoms with Crippen LogP contribution in [0.5, 0.6) is 11.5 Å². The number of ether oxygens (including phenoxy) is 1. The largest absolute Gasteiger partial charge is 0.457 e. The lowest BCUT2D eigenvalue weighted by Gasteiger charge is -2.09. The number of aromatic nitrogens is 1. The number of aryl methyl sites for hydroxylation is 1. The molecule has 0 aliphatic carbocycles. The summed E-state index contributed by atoms with van der Waals surface area (Å²) in [5.74, 6) is 1.48. The Labute approximate surface area is 141 Å². The summed E-state index contributed by atoms with van der Waals surface area (Å²) in [6.07, 6.45) is 3.19. The summed E-state index contributed by atoms with van der Waals surface area (Å²) in [6.45, 7) is 2.47. The summed E-state index contributed by atoms with van der Waals surface area (Å²) in [5, 5.41) is 2.87. The molecule has 3 aromatic rings. The smallest absolute Gasteiger partial charge is 0.253 e. The Kier molecular flexibility index (Phi) is 4.87. The number of carbonyl (C=O) groups excluding carboxylic acids is 1. The number of carbonyl (C=O) groups is 1. The first-order chi connectivity index (χ1) is 11.7. The van der Waals surface area contributed by atoms with Gasteiger partial charge in [0.1, 0.15) is 11.5 Å². The van der Waals surface area contributed by atoms with Gasteiger partial charge in [0.2, 0.25) is 0 Å². The van der Waals surface area contributed by atoms with Gasteiger partial charge in [-0.25, -0.2) is 0 Å². The van der Waals surface area contributed by atoms with Crippen LogP contribution in [0.3, 0.4) is 0 Å². The molecule has 1 aromatic heterocycles. The molecule has 24 heavy (non-hydrogen) atoms. The Morgan fingerprint density at radius 1 is 1.04 bits per heavy atom. The summed E-state index contributed by atoms with van der Waals surface area (Å²) < 4.78 is 5.86. The summed E-state index contributed by atoms with van der Waals surface area (Å²) >= 11 is 0. The third kappa shape index (κ3) is 3.98. The summed E-state index contributed by atoms with van der Waals surface area (Å²) in [6, 6.07) is 19.0. The van der Waals surface area contributed by atoms with E-state index < -0.39 is 0 Å². The molecule has 120 valence electrons. The lowest BCUT2D eigenvalue weighted by atomic mass is 10.2. The Morgan fingerprint density at radius 3 is 2.54 bits per heavy atom. The summed E-state index contributed by atoms with van der Waals surface area (Å²) in [4.78, 5) is 15.9. The van der Waals surface area contributed by atoms with Crippen molar-refractivity contribution < 1.29 is 9.53 Å². The Bertz CT molecular complexity index is 815. The van der Waals surface area contributed by atoms with Crippen LogP contribution in [-0.2, 0) is 6.54 Å². The van der Waals surface area contributed by atoms with E-state index in [9.17, 15) is 4.79 Å². The minimum atomic E-state index is -0.136. The number of hydrogen-bond acceptors (Lipinski definition) is 3. The van der Waals surface area contributed by atoms with Crippen LogP contribution >= 0.6 is 0 Å². The molecule has 0 saturated heterocycles. The number of rotatable bonds is 5. The summed E-state index contributed by atoms with van der Waals surface area (Å²) in [7, 11) is 0. The van der Waals surface area contributed by atoms with E-state index in [4.69, 9.17) is 4.74 Å². The maximum absolute atomic E-state index is 12.0. The molecule has 4 nitrogen and oxygen atoms in total. The highest BCUT2D eigenvalue weighted by atomic mass is 16.5. The zero-order valence-corrected chi connectivity index (χ0v) is 13.4. The van der Waals surface area contributed by atoms with Crippen LogP contribution in [0, 0.1) is 6.92 Å². The van der Waals surface area contributed by atoms with Crippen LogP contribution in [-0.4, -0.2) is 10.9 Å². The Balaban J connectivity index is 1.59.